The van der Waals surface area contributed by atoms with Crippen LogP contribution in [-0.4, -0.2) is 29.1 Å². The van der Waals surface area contributed by atoms with Crippen molar-refractivity contribution >= 4 is 11.9 Å². The summed E-state index contributed by atoms with van der Waals surface area (Å²) in [5, 5.41) is 11.3. The number of nitrogens with one attached hydrogen (secondary N) is 1. The molecule has 0 rings (SSSR count). The fourth-order valence-corrected chi connectivity index (χ4v) is 1.70. The summed E-state index contributed by atoms with van der Waals surface area (Å²) in [4.78, 5) is 21.5. The Kier molecular flexibility index (Phi) is 20.1. The highest BCUT2D eigenvalue weighted by Gasteiger charge is 2.13. The van der Waals surface area contributed by atoms with Gasteiger partial charge in [0.2, 0.25) is 5.91 Å². The van der Waals surface area contributed by atoms with Gasteiger partial charge in [-0.05, 0) is 45.6 Å². The summed E-state index contributed by atoms with van der Waals surface area (Å²) < 4.78 is 0. The number of carboxylic acid groups (broad SMARTS) is 1. The van der Waals surface area contributed by atoms with Crippen molar-refractivity contribution in [1.29, 1.82) is 0 Å². The molecule has 0 aliphatic rings. The van der Waals surface area contributed by atoms with Crippen LogP contribution in [0.4, 0.5) is 0 Å². The molecule has 0 unspecified atom stereocenters. The molecule has 0 heterocycles. The van der Waals surface area contributed by atoms with E-state index in [0.29, 0.717) is 6.04 Å². The Balaban J connectivity index is -0.000000292. The van der Waals surface area contributed by atoms with Crippen LogP contribution < -0.4 is 11.1 Å². The molecule has 23 heavy (non-hydrogen) atoms. The van der Waals surface area contributed by atoms with Gasteiger partial charge in [0.05, 0.1) is 5.92 Å². The second-order valence-corrected chi connectivity index (χ2v) is 6.27. The number of hydrogen-bond donors (Lipinski definition) is 3. The Labute approximate surface area is 143 Å². The third-order valence-corrected chi connectivity index (χ3v) is 3.12. The van der Waals surface area contributed by atoms with Crippen LogP contribution in [-0.2, 0) is 9.59 Å². The zero-order valence-electron chi connectivity index (χ0n) is 16.5. The summed E-state index contributed by atoms with van der Waals surface area (Å²) in [5.41, 5.74) is 5.11. The van der Waals surface area contributed by atoms with Crippen molar-refractivity contribution in [1.82, 2.24) is 5.32 Å². The van der Waals surface area contributed by atoms with E-state index in [2.05, 4.69) is 5.32 Å². The molecule has 0 bridgehead atoms. The standard InChI is InChI=1S/C9H19NO.C6H12O2.C3H9N/c1-5-8(6-2)9(11)10-7(3)4;1-3-5(4-2)6(7)8;1-3(2)4/h7-8H,5-6H2,1-4H3,(H,10,11);5H,3-4H2,1-2H3,(H,7,8);3H,4H2,1-2H3. The molecule has 5 heteroatoms. The molecule has 0 fully saturated rings. The maximum absolute atomic E-state index is 11.3. The van der Waals surface area contributed by atoms with Crippen molar-refractivity contribution in [3.8, 4) is 0 Å². The number of carbonyl (C=O) groups excluding carboxylic acids is 1. The van der Waals surface area contributed by atoms with Crippen molar-refractivity contribution in [2.24, 2.45) is 17.6 Å². The third-order valence-electron chi connectivity index (χ3n) is 3.12. The molecule has 0 aromatic rings. The summed E-state index contributed by atoms with van der Waals surface area (Å²) >= 11 is 0. The van der Waals surface area contributed by atoms with Gasteiger partial charge in [-0.3, -0.25) is 9.59 Å². The molecule has 0 saturated heterocycles. The number of rotatable bonds is 7. The van der Waals surface area contributed by atoms with Crippen molar-refractivity contribution in [3.05, 3.63) is 0 Å². The van der Waals surface area contributed by atoms with Gasteiger partial charge in [-0.15, -0.1) is 0 Å². The maximum atomic E-state index is 11.3. The van der Waals surface area contributed by atoms with Gasteiger partial charge in [0.15, 0.2) is 0 Å². The third kappa shape index (κ3) is 20.9. The van der Waals surface area contributed by atoms with E-state index in [9.17, 15) is 9.59 Å². The van der Waals surface area contributed by atoms with E-state index in [1.807, 2.05) is 55.4 Å². The first-order chi connectivity index (χ1) is 10.6. The van der Waals surface area contributed by atoms with Gasteiger partial charge in [-0.2, -0.15) is 0 Å². The molecule has 5 nitrogen and oxygen atoms in total. The first-order valence-electron chi connectivity index (χ1n) is 8.85. The molecule has 0 aromatic carbocycles. The van der Waals surface area contributed by atoms with Gasteiger partial charge in [0.25, 0.3) is 0 Å². The Hall–Kier alpha value is -1.10. The smallest absolute Gasteiger partial charge is 0.306 e. The summed E-state index contributed by atoms with van der Waals surface area (Å²) in [6.45, 7) is 15.7. The van der Waals surface area contributed by atoms with Crippen LogP contribution in [0.25, 0.3) is 0 Å². The summed E-state index contributed by atoms with van der Waals surface area (Å²) in [5.74, 6) is -0.396. The van der Waals surface area contributed by atoms with Gasteiger partial charge in [0, 0.05) is 12.0 Å². The van der Waals surface area contributed by atoms with Crippen molar-refractivity contribution in [3.63, 3.8) is 0 Å². The fraction of sp³-hybridized carbons (Fsp3) is 0.889. The monoisotopic (exact) mass is 332 g/mol. The van der Waals surface area contributed by atoms with E-state index in [1.165, 1.54) is 0 Å². The lowest BCUT2D eigenvalue weighted by Crippen LogP contribution is -2.35. The van der Waals surface area contributed by atoms with E-state index in [1.54, 1.807) is 0 Å². The van der Waals surface area contributed by atoms with Crippen LogP contribution in [0.1, 0.15) is 81.1 Å². The van der Waals surface area contributed by atoms with Gasteiger partial charge in [-0.25, -0.2) is 0 Å². The maximum Gasteiger partial charge on any atom is 0.306 e. The van der Waals surface area contributed by atoms with Crippen molar-refractivity contribution in [2.45, 2.75) is 93.2 Å². The highest BCUT2D eigenvalue weighted by atomic mass is 16.4. The number of hydrogen-bond acceptors (Lipinski definition) is 3. The second-order valence-electron chi connectivity index (χ2n) is 6.27. The molecule has 0 spiro atoms. The first kappa shape index (κ1) is 26.8. The minimum atomic E-state index is -0.671. The van der Waals surface area contributed by atoms with Crippen LogP contribution in [0.15, 0.2) is 0 Å². The average molecular weight is 333 g/mol. The van der Waals surface area contributed by atoms with Crippen LogP contribution in [0.2, 0.25) is 0 Å². The summed E-state index contributed by atoms with van der Waals surface area (Å²) in [7, 11) is 0. The molecule has 0 saturated carbocycles. The molecule has 0 aliphatic carbocycles. The summed E-state index contributed by atoms with van der Waals surface area (Å²) in [6.07, 6.45) is 3.36. The first-order valence-corrected chi connectivity index (χ1v) is 8.85. The lowest BCUT2D eigenvalue weighted by Gasteiger charge is -2.14. The zero-order chi connectivity index (χ0) is 19.0. The van der Waals surface area contributed by atoms with E-state index >= 15 is 0 Å². The van der Waals surface area contributed by atoms with Crippen LogP contribution in [0.5, 0.6) is 0 Å². The van der Waals surface area contributed by atoms with E-state index in [-0.39, 0.29) is 23.8 Å². The predicted molar refractivity (Wildman–Crippen MR) is 98.4 cm³/mol. The quantitative estimate of drug-likeness (QED) is 0.661. The lowest BCUT2D eigenvalue weighted by molar-refractivity contribution is -0.141. The fourth-order valence-electron chi connectivity index (χ4n) is 1.70. The summed E-state index contributed by atoms with van der Waals surface area (Å²) in [6, 6.07) is 0.600. The van der Waals surface area contributed by atoms with Gasteiger partial charge < -0.3 is 16.2 Å². The molecule has 0 aliphatic heterocycles. The van der Waals surface area contributed by atoms with Gasteiger partial charge in [-0.1, -0.05) is 41.5 Å². The van der Waals surface area contributed by atoms with Gasteiger partial charge in [0.1, 0.15) is 0 Å². The lowest BCUT2D eigenvalue weighted by atomic mass is 10.0. The normalized spacial score (nSPS) is 10.1. The number of carboxylic acids is 1. The van der Waals surface area contributed by atoms with Crippen molar-refractivity contribution < 1.29 is 14.7 Å². The van der Waals surface area contributed by atoms with E-state index in [0.717, 1.165) is 25.7 Å². The van der Waals surface area contributed by atoms with Crippen LogP contribution >= 0.6 is 0 Å². The Bertz CT molecular complexity index is 281. The number of carbonyl (C=O) groups is 2. The Morgan fingerprint density at radius 1 is 0.870 bits per heavy atom. The number of amides is 1. The number of aliphatic carboxylic acids is 1. The van der Waals surface area contributed by atoms with Crippen molar-refractivity contribution in [2.75, 3.05) is 0 Å². The molecule has 1 amide bonds. The SMILES string of the molecule is CC(C)N.CCC(CC)C(=O)NC(C)C.CCC(CC)C(=O)O. The molecule has 0 atom stereocenters. The molecule has 0 radical (unpaired) electrons. The number of nitrogens with two attached hydrogens (primary N) is 1. The largest absolute Gasteiger partial charge is 0.481 e. The highest BCUT2D eigenvalue weighted by Crippen LogP contribution is 2.07. The topological polar surface area (TPSA) is 92.4 Å². The van der Waals surface area contributed by atoms with E-state index < -0.39 is 5.97 Å². The minimum absolute atomic E-state index is 0.130. The average Bonchev–Trinajstić information content (AvgIpc) is 2.40. The minimum Gasteiger partial charge on any atom is -0.481 e. The zero-order valence-corrected chi connectivity index (χ0v) is 16.5. The Morgan fingerprint density at radius 3 is 1.30 bits per heavy atom. The predicted octanol–water partition coefficient (Wildman–Crippen LogP) is 3.81. The van der Waals surface area contributed by atoms with Crippen LogP contribution in [0, 0.1) is 11.8 Å². The van der Waals surface area contributed by atoms with E-state index in [4.69, 9.17) is 10.8 Å². The molecule has 0 aromatic heterocycles. The molecule has 140 valence electrons. The van der Waals surface area contributed by atoms with Gasteiger partial charge >= 0.3 is 5.97 Å². The van der Waals surface area contributed by atoms with Crippen LogP contribution in [0.3, 0.4) is 0 Å². The second kappa shape index (κ2) is 17.3. The molecular formula is C18H40N2O3. The molecular weight excluding hydrogens is 292 g/mol. The Morgan fingerprint density at radius 2 is 1.17 bits per heavy atom. The molecule has 4 N–H and O–H groups in total. The highest BCUT2D eigenvalue weighted by molar-refractivity contribution is 5.78.